The van der Waals surface area contributed by atoms with Crippen LogP contribution < -0.4 is 19.9 Å². The number of hydrogen-bond donors (Lipinski definition) is 1. The molecule has 0 aliphatic carbocycles. The Labute approximate surface area is 249 Å². The van der Waals surface area contributed by atoms with Crippen LogP contribution in [0.25, 0.3) is 0 Å². The fourth-order valence-electron chi connectivity index (χ4n) is 4.92. The van der Waals surface area contributed by atoms with E-state index < -0.39 is 0 Å². The van der Waals surface area contributed by atoms with Crippen LogP contribution in [-0.2, 0) is 0 Å². The zero-order valence-corrected chi connectivity index (χ0v) is 24.1. The summed E-state index contributed by atoms with van der Waals surface area (Å²) in [4.78, 5) is 4.36. The predicted molar refractivity (Wildman–Crippen MR) is 179 cm³/mol. The Kier molecular flexibility index (Phi) is 8.85. The van der Waals surface area contributed by atoms with E-state index in [1.807, 2.05) is 62.4 Å². The molecule has 4 heteroatoms. The molecule has 0 atom stereocenters. The van der Waals surface area contributed by atoms with Crippen molar-refractivity contribution in [3.05, 3.63) is 164 Å². The van der Waals surface area contributed by atoms with E-state index >= 15 is 0 Å². The number of nitrogens with zero attached hydrogens (tertiary/aromatic N) is 2. The van der Waals surface area contributed by atoms with Crippen molar-refractivity contribution in [2.24, 2.45) is 0 Å². The third kappa shape index (κ3) is 5.84. The molecule has 1 N–H and O–H groups in total. The van der Waals surface area contributed by atoms with Crippen LogP contribution >= 0.6 is 0 Å². The Bertz CT molecular complexity index is 1640. The maximum atomic E-state index is 6.56. The van der Waals surface area contributed by atoms with Crippen molar-refractivity contribution in [3.63, 3.8) is 0 Å². The minimum atomic E-state index is 0.746. The van der Waals surface area contributed by atoms with Crippen LogP contribution in [0.1, 0.15) is 13.8 Å². The van der Waals surface area contributed by atoms with E-state index in [1.165, 1.54) is 0 Å². The molecular weight excluding hydrogens is 514 g/mol. The number of fused-ring (bicyclic) bond motifs is 2. The van der Waals surface area contributed by atoms with Crippen molar-refractivity contribution in [1.29, 1.82) is 0 Å². The van der Waals surface area contributed by atoms with E-state index in [0.717, 1.165) is 57.0 Å². The van der Waals surface area contributed by atoms with Crippen LogP contribution in [0.15, 0.2) is 164 Å². The molecule has 5 aromatic carbocycles. The summed E-state index contributed by atoms with van der Waals surface area (Å²) in [5.41, 5.74) is 7.86. The predicted octanol–water partition coefficient (Wildman–Crippen LogP) is 11.4. The molecule has 6 rings (SSSR count). The number of nitrogens with one attached hydrogen (secondary N) is 1. The lowest BCUT2D eigenvalue weighted by molar-refractivity contribution is 0.481. The van der Waals surface area contributed by atoms with Crippen molar-refractivity contribution in [1.82, 2.24) is 0 Å². The molecular formula is C38H35N3O. The molecule has 1 heterocycles. The lowest BCUT2D eigenvalue weighted by Crippen LogP contribution is -2.15. The van der Waals surface area contributed by atoms with Crippen molar-refractivity contribution in [2.75, 3.05) is 15.1 Å². The zero-order chi connectivity index (χ0) is 29.3. The smallest absolute Gasteiger partial charge is 0.153 e. The minimum absolute atomic E-state index is 0.746. The standard InChI is InChI=1S/C36H29N3O.C2H6/c1-3-14-27(4-2)38(28-15-8-5-9-16-28)31-21-23-33-35(25-31)40-36-26-32(22-24-34(36)37-33)39(29-17-10-6-11-18-29)30-19-12-7-13-20-30;1-2/h3-26,37H,1-2H2;1-2H3/b27-14+;. The normalized spacial score (nSPS) is 11.3. The number of ether oxygens (including phenoxy) is 1. The van der Waals surface area contributed by atoms with Gasteiger partial charge in [0.2, 0.25) is 0 Å². The van der Waals surface area contributed by atoms with E-state index in [0.29, 0.717) is 0 Å². The van der Waals surface area contributed by atoms with E-state index in [9.17, 15) is 0 Å². The highest BCUT2D eigenvalue weighted by molar-refractivity contribution is 5.84. The lowest BCUT2D eigenvalue weighted by Gasteiger charge is -2.30. The third-order valence-electron chi connectivity index (χ3n) is 6.74. The molecule has 0 fully saturated rings. The number of allylic oxidation sites excluding steroid dienone is 3. The maximum Gasteiger partial charge on any atom is 0.153 e. The lowest BCUT2D eigenvalue weighted by atomic mass is 10.1. The van der Waals surface area contributed by atoms with Gasteiger partial charge < -0.3 is 19.9 Å². The van der Waals surface area contributed by atoms with Crippen LogP contribution in [-0.4, -0.2) is 0 Å². The molecule has 5 aromatic rings. The van der Waals surface area contributed by atoms with Gasteiger partial charge in [0.25, 0.3) is 0 Å². The Balaban J connectivity index is 0.00000173. The number of para-hydroxylation sites is 3. The number of rotatable bonds is 8. The second-order valence-corrected chi connectivity index (χ2v) is 9.30. The molecule has 0 saturated heterocycles. The van der Waals surface area contributed by atoms with E-state index in [1.54, 1.807) is 6.08 Å². The molecule has 4 nitrogen and oxygen atoms in total. The van der Waals surface area contributed by atoms with E-state index in [2.05, 4.69) is 119 Å². The van der Waals surface area contributed by atoms with Gasteiger partial charge in [-0.3, -0.25) is 0 Å². The summed E-state index contributed by atoms with van der Waals surface area (Å²) < 4.78 is 6.56. The molecule has 0 bridgehead atoms. The number of anilines is 7. The maximum absolute atomic E-state index is 6.56. The Morgan fingerprint density at radius 2 is 1.07 bits per heavy atom. The summed E-state index contributed by atoms with van der Waals surface area (Å²) in [6.45, 7) is 11.9. The number of benzene rings is 5. The molecule has 1 aliphatic rings. The molecule has 0 unspecified atom stereocenters. The van der Waals surface area contributed by atoms with Crippen LogP contribution in [0, 0.1) is 0 Å². The van der Waals surface area contributed by atoms with Crippen LogP contribution in [0.5, 0.6) is 11.5 Å². The van der Waals surface area contributed by atoms with Crippen LogP contribution in [0.2, 0.25) is 0 Å². The highest BCUT2D eigenvalue weighted by Crippen LogP contribution is 2.47. The summed E-state index contributed by atoms with van der Waals surface area (Å²) in [5.74, 6) is 1.51. The highest BCUT2D eigenvalue weighted by Gasteiger charge is 2.22. The van der Waals surface area contributed by atoms with Gasteiger partial charge in [-0.15, -0.1) is 0 Å². The van der Waals surface area contributed by atoms with Gasteiger partial charge in [0.15, 0.2) is 11.5 Å². The van der Waals surface area contributed by atoms with E-state index in [-0.39, 0.29) is 0 Å². The monoisotopic (exact) mass is 549 g/mol. The Morgan fingerprint density at radius 1 is 0.595 bits per heavy atom. The average Bonchev–Trinajstić information content (AvgIpc) is 3.06. The summed E-state index contributed by atoms with van der Waals surface area (Å²) in [7, 11) is 0. The van der Waals surface area contributed by atoms with Crippen molar-refractivity contribution < 1.29 is 4.74 Å². The first-order valence-electron chi connectivity index (χ1n) is 14.2. The van der Waals surface area contributed by atoms with Gasteiger partial charge in [-0.1, -0.05) is 87.7 Å². The van der Waals surface area contributed by atoms with Gasteiger partial charge in [-0.05, 0) is 72.8 Å². The first kappa shape index (κ1) is 28.1. The van der Waals surface area contributed by atoms with Gasteiger partial charge in [-0.25, -0.2) is 0 Å². The second kappa shape index (κ2) is 13.2. The molecule has 42 heavy (non-hydrogen) atoms. The summed E-state index contributed by atoms with van der Waals surface area (Å²) >= 11 is 0. The summed E-state index contributed by atoms with van der Waals surface area (Å²) in [6, 6.07) is 43.4. The SMILES string of the molecule is C=C/C=C(\C=C)N(c1ccccc1)c1ccc2c(c1)Oc1cc(N(c3ccccc3)c3ccccc3)ccc1N2.CC. The third-order valence-corrected chi connectivity index (χ3v) is 6.74. The van der Waals surface area contributed by atoms with Crippen LogP contribution in [0.4, 0.5) is 39.8 Å². The van der Waals surface area contributed by atoms with Gasteiger partial charge in [0.1, 0.15) is 0 Å². The molecule has 0 aromatic heterocycles. The Morgan fingerprint density at radius 3 is 1.57 bits per heavy atom. The molecule has 0 spiro atoms. The van der Waals surface area contributed by atoms with Gasteiger partial charge in [0.05, 0.1) is 11.4 Å². The van der Waals surface area contributed by atoms with Crippen molar-refractivity contribution in [3.8, 4) is 11.5 Å². The molecule has 0 saturated carbocycles. The van der Waals surface area contributed by atoms with Gasteiger partial charge in [0, 0.05) is 46.3 Å². The topological polar surface area (TPSA) is 27.7 Å². The van der Waals surface area contributed by atoms with E-state index in [4.69, 9.17) is 4.74 Å². The molecule has 0 radical (unpaired) electrons. The fraction of sp³-hybridized carbons (Fsp3) is 0.0526. The first-order chi connectivity index (χ1) is 20.7. The largest absolute Gasteiger partial charge is 0.453 e. The minimum Gasteiger partial charge on any atom is -0.453 e. The molecule has 1 aliphatic heterocycles. The van der Waals surface area contributed by atoms with Crippen LogP contribution in [0.3, 0.4) is 0 Å². The van der Waals surface area contributed by atoms with Gasteiger partial charge in [-0.2, -0.15) is 0 Å². The van der Waals surface area contributed by atoms with Crippen molar-refractivity contribution >= 4 is 39.8 Å². The fourth-order valence-corrected chi connectivity index (χ4v) is 4.92. The molecule has 208 valence electrons. The first-order valence-corrected chi connectivity index (χ1v) is 14.2. The quantitative estimate of drug-likeness (QED) is 0.191. The summed E-state index contributed by atoms with van der Waals surface area (Å²) in [6.07, 6.45) is 5.55. The number of hydrogen-bond acceptors (Lipinski definition) is 4. The molecule has 0 amide bonds. The average molecular weight is 550 g/mol. The summed E-state index contributed by atoms with van der Waals surface area (Å²) in [5, 5.41) is 3.55. The second-order valence-electron chi connectivity index (χ2n) is 9.30. The Hall–Kier alpha value is -5.48. The van der Waals surface area contributed by atoms with Gasteiger partial charge >= 0.3 is 0 Å². The highest BCUT2D eigenvalue weighted by atomic mass is 16.5. The zero-order valence-electron chi connectivity index (χ0n) is 24.1. The van der Waals surface area contributed by atoms with Crippen molar-refractivity contribution in [2.45, 2.75) is 13.8 Å².